The lowest BCUT2D eigenvalue weighted by Crippen LogP contribution is -2.34. The predicted molar refractivity (Wildman–Crippen MR) is 140 cm³/mol. The summed E-state index contributed by atoms with van der Waals surface area (Å²) in [5.74, 6) is -1.74. The van der Waals surface area contributed by atoms with Gasteiger partial charge >= 0.3 is 0 Å². The maximum absolute atomic E-state index is 13.7. The molecular formula is C23H27BrN4O4S2. The highest BCUT2D eigenvalue weighted by molar-refractivity contribution is 9.10. The SMILES string of the molecule is CCn1c(O)c(C(c2cccc(Br)c2)c2c(O)n(CC)c(=S)n(CC)c2=O)c(=O)n(CC)c1=S. The normalized spacial score (nSPS) is 11.4. The Hall–Kier alpha value is -2.50. The van der Waals surface area contributed by atoms with Crippen molar-refractivity contribution in [3.63, 3.8) is 0 Å². The second-order valence-corrected chi connectivity index (χ2v) is 9.26. The fraction of sp³-hybridized carbons (Fsp3) is 0.391. The second kappa shape index (κ2) is 10.4. The summed E-state index contributed by atoms with van der Waals surface area (Å²) in [4.78, 5) is 27.3. The number of rotatable bonds is 7. The molecule has 0 bridgehead atoms. The molecule has 0 aliphatic carbocycles. The molecule has 11 heteroatoms. The second-order valence-electron chi connectivity index (χ2n) is 7.62. The number of aromatic nitrogens is 4. The average molecular weight is 568 g/mol. The van der Waals surface area contributed by atoms with E-state index in [1.807, 2.05) is 6.07 Å². The van der Waals surface area contributed by atoms with Crippen LogP contribution in [0.25, 0.3) is 0 Å². The van der Waals surface area contributed by atoms with Crippen LogP contribution in [0.5, 0.6) is 11.8 Å². The topological polar surface area (TPSA) is 94.3 Å². The third-order valence-corrected chi connectivity index (χ3v) is 7.27. The largest absolute Gasteiger partial charge is 0.494 e. The Morgan fingerprint density at radius 2 is 1.21 bits per heavy atom. The first-order valence-corrected chi connectivity index (χ1v) is 12.6. The molecule has 0 amide bonds. The highest BCUT2D eigenvalue weighted by Crippen LogP contribution is 2.38. The van der Waals surface area contributed by atoms with Gasteiger partial charge in [0, 0.05) is 30.7 Å². The molecule has 0 spiro atoms. The van der Waals surface area contributed by atoms with Gasteiger partial charge in [-0.15, -0.1) is 0 Å². The molecule has 0 aliphatic rings. The van der Waals surface area contributed by atoms with Crippen LogP contribution in [0, 0.1) is 9.54 Å². The fourth-order valence-electron chi connectivity index (χ4n) is 4.22. The van der Waals surface area contributed by atoms with Crippen LogP contribution in [0.4, 0.5) is 0 Å². The third-order valence-electron chi connectivity index (χ3n) is 5.89. The molecule has 0 radical (unpaired) electrons. The highest BCUT2D eigenvalue weighted by Gasteiger charge is 2.33. The zero-order valence-electron chi connectivity index (χ0n) is 19.4. The van der Waals surface area contributed by atoms with Crippen LogP contribution in [-0.4, -0.2) is 28.5 Å². The van der Waals surface area contributed by atoms with E-state index in [4.69, 9.17) is 24.4 Å². The van der Waals surface area contributed by atoms with Crippen molar-refractivity contribution >= 4 is 40.4 Å². The molecule has 3 rings (SSSR count). The number of aromatic hydroxyl groups is 2. The van der Waals surface area contributed by atoms with Gasteiger partial charge in [-0.25, -0.2) is 0 Å². The van der Waals surface area contributed by atoms with Crippen LogP contribution in [0.3, 0.4) is 0 Å². The molecule has 0 fully saturated rings. The van der Waals surface area contributed by atoms with Crippen LogP contribution in [-0.2, 0) is 26.2 Å². The van der Waals surface area contributed by atoms with Crippen molar-refractivity contribution in [1.82, 2.24) is 18.3 Å². The van der Waals surface area contributed by atoms with Gasteiger partial charge in [0.15, 0.2) is 9.54 Å². The summed E-state index contributed by atoms with van der Waals surface area (Å²) in [7, 11) is 0. The van der Waals surface area contributed by atoms with Gasteiger partial charge in [0.2, 0.25) is 11.8 Å². The Kier molecular flexibility index (Phi) is 7.99. The van der Waals surface area contributed by atoms with E-state index >= 15 is 0 Å². The first-order valence-electron chi connectivity index (χ1n) is 11.0. The molecule has 34 heavy (non-hydrogen) atoms. The summed E-state index contributed by atoms with van der Waals surface area (Å²) in [5, 5.41) is 22.6. The Labute approximate surface area is 215 Å². The summed E-state index contributed by atoms with van der Waals surface area (Å²) in [6.45, 7) is 8.36. The van der Waals surface area contributed by atoms with Crippen molar-refractivity contribution in [1.29, 1.82) is 0 Å². The van der Waals surface area contributed by atoms with Gasteiger partial charge in [-0.1, -0.05) is 28.1 Å². The first-order chi connectivity index (χ1) is 16.1. The van der Waals surface area contributed by atoms with E-state index in [-0.39, 0.29) is 45.5 Å². The van der Waals surface area contributed by atoms with Crippen LogP contribution >= 0.6 is 40.4 Å². The van der Waals surface area contributed by atoms with Crippen molar-refractivity contribution in [2.45, 2.75) is 59.8 Å². The number of hydrogen-bond donors (Lipinski definition) is 2. The Bertz CT molecular complexity index is 1400. The van der Waals surface area contributed by atoms with Gasteiger partial charge < -0.3 is 10.2 Å². The molecule has 8 nitrogen and oxygen atoms in total. The van der Waals surface area contributed by atoms with E-state index in [2.05, 4.69) is 15.9 Å². The minimum atomic E-state index is -1.07. The van der Waals surface area contributed by atoms with Gasteiger partial charge in [0.1, 0.15) is 0 Å². The minimum absolute atomic E-state index is 0.0368. The molecule has 2 heterocycles. The molecular weight excluding hydrogens is 540 g/mol. The van der Waals surface area contributed by atoms with Crippen molar-refractivity contribution < 1.29 is 10.2 Å². The summed E-state index contributed by atoms with van der Waals surface area (Å²) < 4.78 is 6.74. The minimum Gasteiger partial charge on any atom is -0.494 e. The van der Waals surface area contributed by atoms with Crippen molar-refractivity contribution in [2.75, 3.05) is 0 Å². The van der Waals surface area contributed by atoms with Crippen molar-refractivity contribution in [3.8, 4) is 11.8 Å². The average Bonchev–Trinajstić information content (AvgIpc) is 2.79. The molecule has 2 N–H and O–H groups in total. The molecule has 2 aromatic heterocycles. The van der Waals surface area contributed by atoms with Gasteiger partial charge in [-0.2, -0.15) is 0 Å². The van der Waals surface area contributed by atoms with Gasteiger partial charge in [0.05, 0.1) is 17.0 Å². The molecule has 1 aromatic carbocycles. The van der Waals surface area contributed by atoms with E-state index in [1.54, 1.807) is 45.9 Å². The van der Waals surface area contributed by atoms with E-state index in [1.165, 1.54) is 18.3 Å². The summed E-state index contributed by atoms with van der Waals surface area (Å²) in [6.07, 6.45) is 0. The zero-order chi connectivity index (χ0) is 25.3. The highest BCUT2D eigenvalue weighted by atomic mass is 79.9. The van der Waals surface area contributed by atoms with E-state index in [0.717, 1.165) is 0 Å². The summed E-state index contributed by atoms with van der Waals surface area (Å²) in [6, 6.07) is 7.08. The lowest BCUT2D eigenvalue weighted by atomic mass is 9.86. The predicted octanol–water partition coefficient (Wildman–Crippen LogP) is 4.51. The van der Waals surface area contributed by atoms with Crippen molar-refractivity contribution in [2.24, 2.45) is 0 Å². The third kappa shape index (κ3) is 4.20. The Balaban J connectivity index is 2.63. The quantitative estimate of drug-likeness (QED) is 0.409. The lowest BCUT2D eigenvalue weighted by molar-refractivity contribution is 0.380. The number of nitrogens with zero attached hydrogens (tertiary/aromatic N) is 4. The van der Waals surface area contributed by atoms with Gasteiger partial charge in [-0.05, 0) is 69.8 Å². The van der Waals surface area contributed by atoms with Crippen molar-refractivity contribution in [3.05, 3.63) is 75.7 Å². The number of benzene rings is 1. The van der Waals surface area contributed by atoms with Crippen LogP contribution < -0.4 is 11.1 Å². The number of halogens is 1. The molecule has 182 valence electrons. The molecule has 0 unspecified atom stereocenters. The Morgan fingerprint density at radius 1 is 0.794 bits per heavy atom. The smallest absolute Gasteiger partial charge is 0.262 e. The van der Waals surface area contributed by atoms with E-state index < -0.39 is 17.0 Å². The van der Waals surface area contributed by atoms with Gasteiger partial charge in [-0.3, -0.25) is 27.9 Å². The standard InChI is InChI=1S/C23H27BrN4O4S2/c1-5-25-18(29)16(19(30)26(6-2)22(25)33)15(13-10-9-11-14(24)12-13)17-20(31)27(7-3)23(34)28(8-4)21(17)32/h9-12,15,29,31H,5-8H2,1-4H3. The summed E-state index contributed by atoms with van der Waals surface area (Å²) >= 11 is 14.3. The molecule has 0 saturated carbocycles. The van der Waals surface area contributed by atoms with Crippen LogP contribution in [0.1, 0.15) is 50.3 Å². The van der Waals surface area contributed by atoms with E-state index in [0.29, 0.717) is 23.1 Å². The van der Waals surface area contributed by atoms with Crippen LogP contribution in [0.15, 0.2) is 38.3 Å². The van der Waals surface area contributed by atoms with E-state index in [9.17, 15) is 19.8 Å². The zero-order valence-corrected chi connectivity index (χ0v) is 22.6. The fourth-order valence-corrected chi connectivity index (χ4v) is 5.49. The molecule has 3 aromatic rings. The Morgan fingerprint density at radius 3 is 1.56 bits per heavy atom. The maximum Gasteiger partial charge on any atom is 0.262 e. The molecule has 0 saturated heterocycles. The maximum atomic E-state index is 13.7. The lowest BCUT2D eigenvalue weighted by Gasteiger charge is -2.25. The van der Waals surface area contributed by atoms with Gasteiger partial charge in [0.25, 0.3) is 11.1 Å². The molecule has 0 aliphatic heterocycles. The molecule has 0 atom stereocenters. The number of hydrogen-bond acceptors (Lipinski definition) is 6. The van der Waals surface area contributed by atoms with Crippen LogP contribution in [0.2, 0.25) is 0 Å². The monoisotopic (exact) mass is 566 g/mol. The first kappa shape index (κ1) is 26.1. The summed E-state index contributed by atoms with van der Waals surface area (Å²) in [5.41, 5.74) is -0.575.